The number of tetrazole rings is 1. The lowest BCUT2D eigenvalue weighted by molar-refractivity contribution is -0.142. The highest BCUT2D eigenvalue weighted by Gasteiger charge is 2.33. The number of aryl methyl sites for hydroxylation is 1. The maximum atomic E-state index is 13.8. The summed E-state index contributed by atoms with van der Waals surface area (Å²) in [5.74, 6) is 1.04. The van der Waals surface area contributed by atoms with Crippen molar-refractivity contribution in [2.45, 2.75) is 44.9 Å². The van der Waals surface area contributed by atoms with E-state index in [0.717, 1.165) is 43.1 Å². The number of morpholine rings is 1. The monoisotopic (exact) mass is 557 g/mol. The fourth-order valence-electron chi connectivity index (χ4n) is 4.85. The van der Waals surface area contributed by atoms with Gasteiger partial charge in [0.25, 0.3) is 0 Å². The number of furan rings is 1. The Morgan fingerprint density at radius 2 is 2.10 bits per heavy atom. The maximum absolute atomic E-state index is 13.8. The molecule has 3 aromatic heterocycles. The molecule has 2 atom stereocenters. The zero-order valence-electron chi connectivity index (χ0n) is 22.2. The van der Waals surface area contributed by atoms with Crippen molar-refractivity contribution < 1.29 is 23.5 Å². The smallest absolute Gasteiger partial charge is 0.248 e. The highest BCUT2D eigenvalue weighted by molar-refractivity contribution is 7.10. The van der Waals surface area contributed by atoms with Crippen molar-refractivity contribution in [3.05, 3.63) is 40.3 Å². The van der Waals surface area contributed by atoms with E-state index in [1.165, 1.54) is 16.1 Å². The van der Waals surface area contributed by atoms with Crippen LogP contribution >= 0.6 is 11.3 Å². The quantitative estimate of drug-likeness (QED) is 0.355. The number of aromatic nitrogens is 4. The SMILES string of the molecule is Cc1ccc(-c2nnn(CC(=O)N(CCCN3CCOCC3)[C@H](C(=O)NC[C@@H]3CCCO3)c3cccs3)n2)o1. The number of carbonyl (C=O) groups excluding carboxylic acids is 2. The van der Waals surface area contributed by atoms with Crippen LogP contribution in [0.2, 0.25) is 0 Å². The number of thiophene rings is 1. The molecular weight excluding hydrogens is 522 g/mol. The summed E-state index contributed by atoms with van der Waals surface area (Å²) < 4.78 is 16.7. The number of hydrogen-bond acceptors (Lipinski definition) is 10. The van der Waals surface area contributed by atoms with E-state index in [4.69, 9.17) is 13.9 Å². The highest BCUT2D eigenvalue weighted by Crippen LogP contribution is 2.27. The lowest BCUT2D eigenvalue weighted by atomic mass is 10.1. The summed E-state index contributed by atoms with van der Waals surface area (Å²) in [6, 6.07) is 6.61. The summed E-state index contributed by atoms with van der Waals surface area (Å²) in [5, 5.41) is 17.4. The van der Waals surface area contributed by atoms with Crippen LogP contribution in [-0.4, -0.2) is 100 Å². The molecule has 210 valence electrons. The van der Waals surface area contributed by atoms with E-state index in [1.807, 2.05) is 30.5 Å². The standard InChI is InChI=1S/C26H35N7O5S/c1-19-7-8-21(38-19)25-28-30-33(29-25)18-23(34)32(10-4-9-31-11-14-36-15-12-31)24(22-6-3-16-39-22)26(35)27-17-20-5-2-13-37-20/h3,6-8,16,20,24H,2,4-5,9-15,17-18H2,1H3,(H,27,35)/t20-,24-/m0/s1. The molecule has 12 nitrogen and oxygen atoms in total. The highest BCUT2D eigenvalue weighted by atomic mass is 32.1. The van der Waals surface area contributed by atoms with Crippen LogP contribution < -0.4 is 5.32 Å². The first-order valence-corrected chi connectivity index (χ1v) is 14.3. The third kappa shape index (κ3) is 7.29. The number of nitrogens with zero attached hydrogens (tertiary/aromatic N) is 6. The Morgan fingerprint density at radius 3 is 2.82 bits per heavy atom. The van der Waals surface area contributed by atoms with E-state index >= 15 is 0 Å². The Balaban J connectivity index is 1.32. The van der Waals surface area contributed by atoms with Gasteiger partial charge < -0.3 is 24.1 Å². The second-order valence-corrected chi connectivity index (χ2v) is 10.7. The van der Waals surface area contributed by atoms with Crippen LogP contribution in [0.15, 0.2) is 34.1 Å². The van der Waals surface area contributed by atoms with E-state index in [-0.39, 0.29) is 24.5 Å². The van der Waals surface area contributed by atoms with Gasteiger partial charge >= 0.3 is 0 Å². The molecule has 39 heavy (non-hydrogen) atoms. The van der Waals surface area contributed by atoms with E-state index in [2.05, 4.69) is 25.6 Å². The van der Waals surface area contributed by atoms with Gasteiger partial charge in [0, 0.05) is 44.2 Å². The predicted octanol–water partition coefficient (Wildman–Crippen LogP) is 1.89. The zero-order valence-corrected chi connectivity index (χ0v) is 23.0. The van der Waals surface area contributed by atoms with Crippen LogP contribution in [0.3, 0.4) is 0 Å². The van der Waals surface area contributed by atoms with Crippen LogP contribution in [0.25, 0.3) is 11.6 Å². The third-order valence-electron chi connectivity index (χ3n) is 6.89. The number of carbonyl (C=O) groups is 2. The van der Waals surface area contributed by atoms with Gasteiger partial charge in [-0.15, -0.1) is 21.5 Å². The number of hydrogen-bond donors (Lipinski definition) is 1. The van der Waals surface area contributed by atoms with Crippen molar-refractivity contribution >= 4 is 23.2 Å². The molecule has 0 unspecified atom stereocenters. The van der Waals surface area contributed by atoms with Gasteiger partial charge in [0.15, 0.2) is 5.76 Å². The van der Waals surface area contributed by atoms with Gasteiger partial charge in [0.1, 0.15) is 18.3 Å². The van der Waals surface area contributed by atoms with Crippen LogP contribution in [0.1, 0.15) is 35.9 Å². The summed E-state index contributed by atoms with van der Waals surface area (Å²) in [4.78, 5) is 33.4. The summed E-state index contributed by atoms with van der Waals surface area (Å²) in [6.07, 6.45) is 2.63. The Labute approximate surface area is 231 Å². The van der Waals surface area contributed by atoms with Gasteiger partial charge in [0.2, 0.25) is 17.6 Å². The molecule has 2 aliphatic heterocycles. The first-order chi connectivity index (χ1) is 19.1. The van der Waals surface area contributed by atoms with Crippen LogP contribution in [0.5, 0.6) is 0 Å². The topological polar surface area (TPSA) is 128 Å². The number of amides is 2. The second-order valence-electron chi connectivity index (χ2n) is 9.75. The first-order valence-electron chi connectivity index (χ1n) is 13.4. The van der Waals surface area contributed by atoms with Gasteiger partial charge in [-0.3, -0.25) is 14.5 Å². The second kappa shape index (κ2) is 13.3. The lowest BCUT2D eigenvalue weighted by Gasteiger charge is -2.32. The average molecular weight is 558 g/mol. The van der Waals surface area contributed by atoms with E-state index in [1.54, 1.807) is 11.0 Å². The third-order valence-corrected chi connectivity index (χ3v) is 7.81. The van der Waals surface area contributed by atoms with Crippen LogP contribution in [0.4, 0.5) is 0 Å². The number of ether oxygens (including phenoxy) is 2. The molecule has 2 saturated heterocycles. The average Bonchev–Trinajstić information content (AvgIpc) is 3.76. The van der Waals surface area contributed by atoms with Crippen LogP contribution in [0, 0.1) is 6.92 Å². The lowest BCUT2D eigenvalue weighted by Crippen LogP contribution is -2.47. The van der Waals surface area contributed by atoms with Gasteiger partial charge in [-0.25, -0.2) is 0 Å². The van der Waals surface area contributed by atoms with Crippen molar-refractivity contribution in [1.29, 1.82) is 0 Å². The molecule has 1 N–H and O–H groups in total. The number of rotatable bonds is 12. The minimum atomic E-state index is -0.765. The summed E-state index contributed by atoms with van der Waals surface area (Å²) in [5.41, 5.74) is 0. The summed E-state index contributed by atoms with van der Waals surface area (Å²) >= 11 is 1.46. The Morgan fingerprint density at radius 1 is 1.23 bits per heavy atom. The fourth-order valence-corrected chi connectivity index (χ4v) is 5.68. The zero-order chi connectivity index (χ0) is 27.0. The maximum Gasteiger partial charge on any atom is 0.248 e. The van der Waals surface area contributed by atoms with Gasteiger partial charge in [-0.2, -0.15) is 4.80 Å². The minimum absolute atomic E-state index is 0.00594. The fraction of sp³-hybridized carbons (Fsp3) is 0.577. The first kappa shape index (κ1) is 27.4. The molecule has 2 amide bonds. The van der Waals surface area contributed by atoms with Crippen LogP contribution in [-0.2, 0) is 25.6 Å². The molecule has 2 aliphatic rings. The van der Waals surface area contributed by atoms with Crippen molar-refractivity contribution in [3.8, 4) is 11.6 Å². The molecule has 0 aliphatic carbocycles. The molecule has 0 saturated carbocycles. The molecule has 2 fully saturated rings. The molecule has 0 aromatic carbocycles. The van der Waals surface area contributed by atoms with Crippen molar-refractivity contribution in [1.82, 2.24) is 35.3 Å². The predicted molar refractivity (Wildman–Crippen MR) is 143 cm³/mol. The van der Waals surface area contributed by atoms with E-state index in [0.29, 0.717) is 50.9 Å². The van der Waals surface area contributed by atoms with Crippen molar-refractivity contribution in [3.63, 3.8) is 0 Å². The molecule has 0 bridgehead atoms. The molecule has 0 radical (unpaired) electrons. The van der Waals surface area contributed by atoms with E-state index < -0.39 is 6.04 Å². The minimum Gasteiger partial charge on any atom is -0.458 e. The molecule has 0 spiro atoms. The van der Waals surface area contributed by atoms with Gasteiger partial charge in [-0.1, -0.05) is 6.07 Å². The Bertz CT molecular complexity index is 1200. The largest absolute Gasteiger partial charge is 0.458 e. The van der Waals surface area contributed by atoms with Gasteiger partial charge in [-0.05, 0) is 55.0 Å². The van der Waals surface area contributed by atoms with Crippen molar-refractivity contribution in [2.75, 3.05) is 52.5 Å². The molecule has 13 heteroatoms. The molecule has 5 rings (SSSR count). The van der Waals surface area contributed by atoms with Crippen molar-refractivity contribution in [2.24, 2.45) is 0 Å². The molecular formula is C26H35N7O5S. The summed E-state index contributed by atoms with van der Waals surface area (Å²) in [6.45, 7) is 7.19. The summed E-state index contributed by atoms with van der Waals surface area (Å²) in [7, 11) is 0. The Hall–Kier alpha value is -3.13. The molecule has 3 aromatic rings. The van der Waals surface area contributed by atoms with Gasteiger partial charge in [0.05, 0.1) is 19.3 Å². The van der Waals surface area contributed by atoms with E-state index in [9.17, 15) is 9.59 Å². The number of nitrogens with one attached hydrogen (secondary N) is 1. The normalized spacial score (nSPS) is 18.7. The molecule has 5 heterocycles. The Kier molecular flexibility index (Phi) is 9.35.